The van der Waals surface area contributed by atoms with Gasteiger partial charge in [-0.2, -0.15) is 0 Å². The van der Waals surface area contributed by atoms with E-state index in [0.717, 1.165) is 18.9 Å². The van der Waals surface area contributed by atoms with Crippen LogP contribution in [-0.4, -0.2) is 13.2 Å². The van der Waals surface area contributed by atoms with Gasteiger partial charge in [-0.15, -0.1) is 0 Å². The van der Waals surface area contributed by atoms with Crippen LogP contribution in [0.1, 0.15) is 13.8 Å². The molecule has 1 rings (SSSR count). The normalized spacial score (nSPS) is 21.6. The zero-order valence-electron chi connectivity index (χ0n) is 7.13. The smallest absolute Gasteiger partial charge is 0.0557 e. The molecule has 2 nitrogen and oxygen atoms in total. The average molecular weight is 153 g/mol. The molecular formula is C9H15NO. The maximum Gasteiger partial charge on any atom is 0.0557 e. The summed E-state index contributed by atoms with van der Waals surface area (Å²) in [5.41, 5.74) is 7.90. The van der Waals surface area contributed by atoms with E-state index in [9.17, 15) is 0 Å². The molecule has 11 heavy (non-hydrogen) atoms. The van der Waals surface area contributed by atoms with E-state index >= 15 is 0 Å². The maximum atomic E-state index is 5.78. The third-order valence-corrected chi connectivity index (χ3v) is 2.03. The Hall–Kier alpha value is -0.760. The van der Waals surface area contributed by atoms with Gasteiger partial charge in [-0.25, -0.2) is 0 Å². The van der Waals surface area contributed by atoms with Gasteiger partial charge in [0.25, 0.3) is 0 Å². The first-order valence-electron chi connectivity index (χ1n) is 3.95. The Labute approximate surface area is 67.7 Å². The first-order chi connectivity index (χ1) is 5.29. The summed E-state index contributed by atoms with van der Waals surface area (Å²) in [6.45, 7) is 5.63. The minimum Gasteiger partial charge on any atom is -0.399 e. The topological polar surface area (TPSA) is 35.2 Å². The van der Waals surface area contributed by atoms with Crippen LogP contribution in [0.3, 0.4) is 0 Å². The molecule has 2 heteroatoms. The van der Waals surface area contributed by atoms with Gasteiger partial charge in [0, 0.05) is 11.6 Å². The van der Waals surface area contributed by atoms with Crippen molar-refractivity contribution in [2.45, 2.75) is 13.8 Å². The van der Waals surface area contributed by atoms with Crippen molar-refractivity contribution in [3.8, 4) is 0 Å². The second-order valence-electron chi connectivity index (χ2n) is 2.72. The zero-order chi connectivity index (χ0) is 8.27. The predicted molar refractivity (Wildman–Crippen MR) is 46.0 cm³/mol. The van der Waals surface area contributed by atoms with Gasteiger partial charge in [-0.3, -0.25) is 0 Å². The van der Waals surface area contributed by atoms with Crippen LogP contribution < -0.4 is 5.73 Å². The van der Waals surface area contributed by atoms with Gasteiger partial charge in [-0.05, 0) is 19.4 Å². The Bertz CT molecular complexity index is 190. The molecule has 1 saturated heterocycles. The van der Waals surface area contributed by atoms with Crippen molar-refractivity contribution >= 4 is 0 Å². The van der Waals surface area contributed by atoms with Crippen LogP contribution in [0.4, 0.5) is 0 Å². The van der Waals surface area contributed by atoms with E-state index in [2.05, 4.69) is 6.08 Å². The lowest BCUT2D eigenvalue weighted by atomic mass is 9.94. The molecule has 0 radical (unpaired) electrons. The van der Waals surface area contributed by atoms with Crippen LogP contribution >= 0.6 is 0 Å². The van der Waals surface area contributed by atoms with Gasteiger partial charge in [0.1, 0.15) is 0 Å². The van der Waals surface area contributed by atoms with E-state index < -0.39 is 0 Å². The lowest BCUT2D eigenvalue weighted by molar-refractivity contribution is -0.0124. The summed E-state index contributed by atoms with van der Waals surface area (Å²) < 4.78 is 5.09. The van der Waals surface area contributed by atoms with E-state index in [4.69, 9.17) is 10.5 Å². The molecule has 0 atom stereocenters. The highest BCUT2D eigenvalue weighted by Crippen LogP contribution is 2.23. The van der Waals surface area contributed by atoms with Gasteiger partial charge < -0.3 is 10.5 Å². The van der Waals surface area contributed by atoms with E-state index in [1.165, 1.54) is 5.57 Å². The van der Waals surface area contributed by atoms with Crippen LogP contribution in [0.5, 0.6) is 0 Å². The number of nitrogens with two attached hydrogens (primary N) is 1. The molecule has 0 aromatic heterocycles. The molecule has 0 unspecified atom stereocenters. The minimum atomic E-state index is 0.538. The zero-order valence-corrected chi connectivity index (χ0v) is 7.13. The summed E-state index contributed by atoms with van der Waals surface area (Å²) in [7, 11) is 0. The fourth-order valence-corrected chi connectivity index (χ4v) is 1.22. The predicted octanol–water partition coefficient (Wildman–Crippen LogP) is 1.44. The lowest BCUT2D eigenvalue weighted by Gasteiger charge is -2.28. The summed E-state index contributed by atoms with van der Waals surface area (Å²) in [4.78, 5) is 0. The SMILES string of the molecule is C/C=C(\C(N)=C/C)C1COC1. The van der Waals surface area contributed by atoms with Crippen LogP contribution in [0.25, 0.3) is 0 Å². The van der Waals surface area contributed by atoms with Crippen molar-refractivity contribution in [1.29, 1.82) is 0 Å². The second-order valence-corrected chi connectivity index (χ2v) is 2.72. The first kappa shape index (κ1) is 8.34. The first-order valence-corrected chi connectivity index (χ1v) is 3.95. The Kier molecular flexibility index (Phi) is 2.71. The fraction of sp³-hybridized carbons (Fsp3) is 0.556. The second kappa shape index (κ2) is 3.58. The minimum absolute atomic E-state index is 0.538. The summed E-state index contributed by atoms with van der Waals surface area (Å²) in [6, 6.07) is 0. The van der Waals surface area contributed by atoms with Crippen molar-refractivity contribution in [3.63, 3.8) is 0 Å². The maximum absolute atomic E-state index is 5.78. The molecule has 62 valence electrons. The summed E-state index contributed by atoms with van der Waals surface area (Å²) in [5.74, 6) is 0.538. The van der Waals surface area contributed by atoms with E-state index in [0.29, 0.717) is 5.92 Å². The highest BCUT2D eigenvalue weighted by Gasteiger charge is 2.23. The van der Waals surface area contributed by atoms with Crippen molar-refractivity contribution in [2.24, 2.45) is 11.7 Å². The molecule has 0 spiro atoms. The van der Waals surface area contributed by atoms with Crippen LogP contribution in [-0.2, 0) is 4.74 Å². The summed E-state index contributed by atoms with van der Waals surface area (Å²) >= 11 is 0. The Morgan fingerprint density at radius 1 is 1.36 bits per heavy atom. The molecule has 1 aliphatic rings. The standard InChI is InChI=1S/C9H15NO/c1-3-8(9(10)4-2)7-5-11-6-7/h3-4,7H,5-6,10H2,1-2H3/b8-3-,9-4+. The molecule has 0 amide bonds. The molecular weight excluding hydrogens is 138 g/mol. The number of allylic oxidation sites excluding steroid dienone is 3. The Morgan fingerprint density at radius 2 is 2.00 bits per heavy atom. The highest BCUT2D eigenvalue weighted by molar-refractivity contribution is 5.30. The van der Waals surface area contributed by atoms with E-state index in [1.807, 2.05) is 19.9 Å². The van der Waals surface area contributed by atoms with Gasteiger partial charge in [0.05, 0.1) is 13.2 Å². The Morgan fingerprint density at radius 3 is 2.27 bits per heavy atom. The number of hydrogen-bond acceptors (Lipinski definition) is 2. The average Bonchev–Trinajstić information content (AvgIpc) is 1.94. The molecule has 0 aromatic carbocycles. The van der Waals surface area contributed by atoms with Gasteiger partial charge >= 0.3 is 0 Å². The molecule has 0 bridgehead atoms. The largest absolute Gasteiger partial charge is 0.399 e. The lowest BCUT2D eigenvalue weighted by Crippen LogP contribution is -2.31. The fourth-order valence-electron chi connectivity index (χ4n) is 1.22. The number of ether oxygens (including phenoxy) is 1. The molecule has 1 fully saturated rings. The molecule has 1 aliphatic heterocycles. The molecule has 0 saturated carbocycles. The van der Waals surface area contributed by atoms with Crippen LogP contribution in [0.2, 0.25) is 0 Å². The van der Waals surface area contributed by atoms with Crippen molar-refractivity contribution in [3.05, 3.63) is 23.4 Å². The number of rotatable bonds is 2. The summed E-state index contributed by atoms with van der Waals surface area (Å²) in [6.07, 6.45) is 4.01. The quantitative estimate of drug-likeness (QED) is 0.609. The molecule has 0 aliphatic carbocycles. The third kappa shape index (κ3) is 1.63. The number of hydrogen-bond donors (Lipinski definition) is 1. The van der Waals surface area contributed by atoms with Crippen molar-refractivity contribution < 1.29 is 4.74 Å². The van der Waals surface area contributed by atoms with Crippen LogP contribution in [0, 0.1) is 5.92 Å². The molecule has 1 heterocycles. The third-order valence-electron chi connectivity index (χ3n) is 2.03. The van der Waals surface area contributed by atoms with Gasteiger partial charge in [0.15, 0.2) is 0 Å². The van der Waals surface area contributed by atoms with E-state index in [1.54, 1.807) is 0 Å². The summed E-state index contributed by atoms with van der Waals surface area (Å²) in [5, 5.41) is 0. The van der Waals surface area contributed by atoms with Crippen molar-refractivity contribution in [1.82, 2.24) is 0 Å². The molecule has 2 N–H and O–H groups in total. The van der Waals surface area contributed by atoms with Crippen molar-refractivity contribution in [2.75, 3.05) is 13.2 Å². The molecule has 0 aromatic rings. The van der Waals surface area contributed by atoms with Gasteiger partial charge in [0.2, 0.25) is 0 Å². The highest BCUT2D eigenvalue weighted by atomic mass is 16.5. The van der Waals surface area contributed by atoms with Gasteiger partial charge in [-0.1, -0.05) is 12.2 Å². The van der Waals surface area contributed by atoms with Crippen LogP contribution in [0.15, 0.2) is 23.4 Å². The van der Waals surface area contributed by atoms with E-state index in [-0.39, 0.29) is 0 Å². The Balaban J connectivity index is 2.63. The monoisotopic (exact) mass is 153 g/mol.